The first-order valence-corrected chi connectivity index (χ1v) is 9.50. The van der Waals surface area contributed by atoms with Crippen molar-refractivity contribution in [2.75, 3.05) is 0 Å². The van der Waals surface area contributed by atoms with E-state index in [4.69, 9.17) is 4.98 Å². The second-order valence-corrected chi connectivity index (χ2v) is 8.11. The second-order valence-electron chi connectivity index (χ2n) is 7.02. The summed E-state index contributed by atoms with van der Waals surface area (Å²) in [6.45, 7) is 2.27. The molecule has 6 rings (SSSR count). The van der Waals surface area contributed by atoms with Gasteiger partial charge in [-0.1, -0.05) is 31.2 Å². The van der Waals surface area contributed by atoms with Crippen LogP contribution in [0.15, 0.2) is 29.1 Å². The smallest absolute Gasteiger partial charge is 0.267 e. The van der Waals surface area contributed by atoms with E-state index in [-0.39, 0.29) is 5.56 Å². The molecule has 0 unspecified atom stereocenters. The molecule has 0 saturated carbocycles. The van der Waals surface area contributed by atoms with E-state index in [1.54, 1.807) is 11.3 Å². The number of thiophene rings is 1. The summed E-state index contributed by atoms with van der Waals surface area (Å²) < 4.78 is 2.99. The SMILES string of the molecule is C[C@H]1CCc2c(sc3nc4c5ccccc5c5nnnn5n4c(=O)c23)C1. The van der Waals surface area contributed by atoms with Gasteiger partial charge in [-0.2, -0.15) is 4.52 Å². The van der Waals surface area contributed by atoms with Crippen molar-refractivity contribution in [2.24, 2.45) is 5.92 Å². The zero-order valence-corrected chi connectivity index (χ0v) is 14.8. The Hall–Kier alpha value is -2.87. The molecule has 1 aliphatic rings. The predicted octanol–water partition coefficient (Wildman–Crippen LogP) is 2.62. The summed E-state index contributed by atoms with van der Waals surface area (Å²) in [5.41, 5.74) is 2.25. The summed E-state index contributed by atoms with van der Waals surface area (Å²) in [5, 5.41) is 14.5. The highest BCUT2D eigenvalue weighted by atomic mass is 32.1. The highest BCUT2D eigenvalue weighted by Crippen LogP contribution is 2.36. The Balaban J connectivity index is 1.89. The zero-order valence-electron chi connectivity index (χ0n) is 14.0. The average Bonchev–Trinajstić information content (AvgIpc) is 3.26. The molecule has 1 aromatic carbocycles. The van der Waals surface area contributed by atoms with Gasteiger partial charge < -0.3 is 0 Å². The number of rotatable bonds is 0. The van der Waals surface area contributed by atoms with Gasteiger partial charge >= 0.3 is 0 Å². The van der Waals surface area contributed by atoms with Gasteiger partial charge in [0, 0.05) is 15.6 Å². The third-order valence-electron chi connectivity index (χ3n) is 5.36. The molecule has 7 nitrogen and oxygen atoms in total. The Kier molecular flexibility index (Phi) is 2.67. The number of hydrogen-bond donors (Lipinski definition) is 0. The number of hydrogen-bond acceptors (Lipinski definition) is 6. The Labute approximate surface area is 150 Å². The van der Waals surface area contributed by atoms with E-state index < -0.39 is 0 Å². The topological polar surface area (TPSA) is 77.4 Å². The quantitative estimate of drug-likeness (QED) is 0.396. The van der Waals surface area contributed by atoms with Crippen LogP contribution in [0.2, 0.25) is 0 Å². The highest BCUT2D eigenvalue weighted by molar-refractivity contribution is 7.18. The lowest BCUT2D eigenvalue weighted by Crippen LogP contribution is -2.23. The molecule has 0 aliphatic heterocycles. The Bertz CT molecular complexity index is 1410. The minimum atomic E-state index is -0.0832. The normalized spacial score (nSPS) is 17.5. The molecule has 4 heterocycles. The predicted molar refractivity (Wildman–Crippen MR) is 99.9 cm³/mol. The lowest BCUT2D eigenvalue weighted by molar-refractivity contribution is 0.509. The molecule has 1 atom stereocenters. The highest BCUT2D eigenvalue weighted by Gasteiger charge is 2.25. The van der Waals surface area contributed by atoms with Crippen molar-refractivity contribution in [3.8, 4) is 0 Å². The third-order valence-corrected chi connectivity index (χ3v) is 6.51. The first-order valence-electron chi connectivity index (χ1n) is 8.68. The molecule has 4 aromatic heterocycles. The largest absolute Gasteiger partial charge is 0.283 e. The van der Waals surface area contributed by atoms with Gasteiger partial charge in [0.1, 0.15) is 4.83 Å². The van der Waals surface area contributed by atoms with Gasteiger partial charge in [-0.15, -0.1) is 21.1 Å². The minimum Gasteiger partial charge on any atom is -0.267 e. The van der Waals surface area contributed by atoms with Gasteiger partial charge in [0.2, 0.25) is 5.65 Å². The summed E-state index contributed by atoms with van der Waals surface area (Å²) in [4.78, 5) is 20.5. The van der Waals surface area contributed by atoms with Gasteiger partial charge in [-0.05, 0) is 41.2 Å². The van der Waals surface area contributed by atoms with Gasteiger partial charge in [-0.25, -0.2) is 4.98 Å². The average molecular weight is 362 g/mol. The fourth-order valence-electron chi connectivity index (χ4n) is 4.08. The maximum Gasteiger partial charge on any atom is 0.283 e. The number of tetrazole rings is 1. The Morgan fingerprint density at radius 3 is 2.85 bits per heavy atom. The van der Waals surface area contributed by atoms with Crippen molar-refractivity contribution in [2.45, 2.75) is 26.2 Å². The van der Waals surface area contributed by atoms with E-state index in [0.717, 1.165) is 40.3 Å². The van der Waals surface area contributed by atoms with Crippen LogP contribution in [0.3, 0.4) is 0 Å². The first kappa shape index (κ1) is 14.3. The van der Waals surface area contributed by atoms with Crippen molar-refractivity contribution >= 4 is 43.6 Å². The van der Waals surface area contributed by atoms with Crippen molar-refractivity contribution in [3.63, 3.8) is 0 Å². The van der Waals surface area contributed by atoms with Crippen LogP contribution in [0.4, 0.5) is 0 Å². The van der Waals surface area contributed by atoms with E-state index in [2.05, 4.69) is 22.4 Å². The van der Waals surface area contributed by atoms with Gasteiger partial charge in [-0.3, -0.25) is 4.79 Å². The molecular formula is C18H14N6OS. The number of nitrogens with zero attached hydrogens (tertiary/aromatic N) is 6. The molecule has 0 saturated heterocycles. The second kappa shape index (κ2) is 4.85. The number of fused-ring (bicyclic) bond motifs is 9. The van der Waals surface area contributed by atoms with Crippen LogP contribution < -0.4 is 5.56 Å². The molecule has 0 bridgehead atoms. The molecule has 128 valence electrons. The summed E-state index contributed by atoms with van der Waals surface area (Å²) in [7, 11) is 0. The summed E-state index contributed by atoms with van der Waals surface area (Å²) in [6.07, 6.45) is 3.07. The maximum absolute atomic E-state index is 13.5. The minimum absolute atomic E-state index is 0.0832. The van der Waals surface area contributed by atoms with Crippen LogP contribution in [-0.2, 0) is 12.8 Å². The number of aromatic nitrogens is 6. The van der Waals surface area contributed by atoms with Crippen LogP contribution >= 0.6 is 11.3 Å². The van der Waals surface area contributed by atoms with E-state index in [0.29, 0.717) is 17.2 Å². The molecule has 26 heavy (non-hydrogen) atoms. The summed E-state index contributed by atoms with van der Waals surface area (Å²) >= 11 is 1.66. The van der Waals surface area contributed by atoms with Crippen molar-refractivity contribution in [3.05, 3.63) is 45.1 Å². The molecule has 0 radical (unpaired) electrons. The van der Waals surface area contributed by atoms with E-state index in [1.165, 1.54) is 19.6 Å². The van der Waals surface area contributed by atoms with Gasteiger partial charge in [0.25, 0.3) is 5.56 Å². The van der Waals surface area contributed by atoms with E-state index in [9.17, 15) is 4.79 Å². The van der Waals surface area contributed by atoms with Crippen LogP contribution in [0.5, 0.6) is 0 Å². The van der Waals surface area contributed by atoms with Crippen molar-refractivity contribution in [1.29, 1.82) is 0 Å². The fourth-order valence-corrected chi connectivity index (χ4v) is 5.46. The standard InChI is InChI=1S/C18H14N6OS/c1-9-6-7-12-13(8-9)26-17-14(12)18(25)23-15(19-17)10-4-2-3-5-11(10)16-20-21-22-24(16)23/h2-5,9H,6-8H2,1H3/t9-/m0/s1. The van der Waals surface area contributed by atoms with Crippen molar-refractivity contribution < 1.29 is 0 Å². The molecule has 0 N–H and O–H groups in total. The number of aryl methyl sites for hydroxylation is 1. The van der Waals surface area contributed by atoms with Crippen LogP contribution in [0, 0.1) is 5.92 Å². The monoisotopic (exact) mass is 362 g/mol. The first-order chi connectivity index (χ1) is 12.7. The number of benzene rings is 1. The lowest BCUT2D eigenvalue weighted by Gasteiger charge is -2.17. The molecule has 0 fully saturated rings. The van der Waals surface area contributed by atoms with E-state index in [1.807, 2.05) is 24.3 Å². The summed E-state index contributed by atoms with van der Waals surface area (Å²) in [6, 6.07) is 7.81. The Morgan fingerprint density at radius 2 is 2.00 bits per heavy atom. The van der Waals surface area contributed by atoms with Crippen LogP contribution in [0.1, 0.15) is 23.8 Å². The summed E-state index contributed by atoms with van der Waals surface area (Å²) in [5.74, 6) is 0.653. The molecular weight excluding hydrogens is 348 g/mol. The van der Waals surface area contributed by atoms with E-state index >= 15 is 0 Å². The zero-order chi connectivity index (χ0) is 17.4. The maximum atomic E-state index is 13.5. The molecule has 0 spiro atoms. The van der Waals surface area contributed by atoms with Crippen molar-refractivity contribution in [1.82, 2.24) is 29.7 Å². The third kappa shape index (κ3) is 1.69. The molecule has 5 aromatic rings. The van der Waals surface area contributed by atoms with Crippen LogP contribution in [0.25, 0.3) is 32.3 Å². The molecule has 0 amide bonds. The lowest BCUT2D eigenvalue weighted by atomic mass is 9.89. The van der Waals surface area contributed by atoms with Crippen LogP contribution in [-0.4, -0.2) is 29.7 Å². The van der Waals surface area contributed by atoms with Gasteiger partial charge in [0.15, 0.2) is 5.65 Å². The molecule has 8 heteroatoms. The fraction of sp³-hybridized carbons (Fsp3) is 0.278. The Morgan fingerprint density at radius 1 is 1.19 bits per heavy atom. The van der Waals surface area contributed by atoms with Gasteiger partial charge in [0.05, 0.1) is 5.39 Å². The molecule has 1 aliphatic carbocycles.